The van der Waals surface area contributed by atoms with Gasteiger partial charge >= 0.3 is 0 Å². The predicted molar refractivity (Wildman–Crippen MR) is 66.9 cm³/mol. The molecule has 0 spiro atoms. The zero-order chi connectivity index (χ0) is 12.1. The van der Waals surface area contributed by atoms with E-state index in [9.17, 15) is 5.11 Å². The van der Waals surface area contributed by atoms with Crippen LogP contribution in [0.2, 0.25) is 5.15 Å². The van der Waals surface area contributed by atoms with Crippen LogP contribution in [0.4, 0.5) is 5.82 Å². The Labute approximate surface area is 104 Å². The van der Waals surface area contributed by atoms with Crippen LogP contribution in [0.1, 0.15) is 11.7 Å². The summed E-state index contributed by atoms with van der Waals surface area (Å²) in [6, 6.07) is 12.8. The first-order valence-corrected chi connectivity index (χ1v) is 5.59. The Balaban J connectivity index is 1.92. The molecule has 1 aromatic carbocycles. The summed E-state index contributed by atoms with van der Waals surface area (Å²) in [7, 11) is 0. The average molecular weight is 250 g/mol. The monoisotopic (exact) mass is 249 g/mol. The van der Waals surface area contributed by atoms with Gasteiger partial charge in [0.2, 0.25) is 0 Å². The van der Waals surface area contributed by atoms with Gasteiger partial charge in [-0.1, -0.05) is 41.9 Å². The molecule has 0 amide bonds. The summed E-state index contributed by atoms with van der Waals surface area (Å²) >= 11 is 5.62. The summed E-state index contributed by atoms with van der Waals surface area (Å²) in [5.41, 5.74) is 0.863. The van der Waals surface area contributed by atoms with Gasteiger partial charge in [-0.2, -0.15) is 0 Å². The number of halogens is 1. The Morgan fingerprint density at radius 3 is 2.53 bits per heavy atom. The van der Waals surface area contributed by atoms with Crippen molar-refractivity contribution in [1.82, 2.24) is 10.2 Å². The van der Waals surface area contributed by atoms with Gasteiger partial charge in [-0.25, -0.2) is 0 Å². The van der Waals surface area contributed by atoms with Gasteiger partial charge in [0, 0.05) is 6.54 Å². The maximum atomic E-state index is 9.90. The Kier molecular flexibility index (Phi) is 3.90. The van der Waals surface area contributed by atoms with Crippen LogP contribution < -0.4 is 5.32 Å². The van der Waals surface area contributed by atoms with Crippen molar-refractivity contribution >= 4 is 17.4 Å². The predicted octanol–water partition coefficient (Wildman–Crippen LogP) is 2.28. The third-order valence-corrected chi connectivity index (χ3v) is 2.49. The van der Waals surface area contributed by atoms with Crippen LogP contribution in [0.3, 0.4) is 0 Å². The molecule has 4 nitrogen and oxygen atoms in total. The number of hydrogen-bond donors (Lipinski definition) is 2. The molecular weight excluding hydrogens is 238 g/mol. The minimum atomic E-state index is -0.575. The van der Waals surface area contributed by atoms with Gasteiger partial charge in [-0.15, -0.1) is 10.2 Å². The molecule has 0 bridgehead atoms. The second-order valence-electron chi connectivity index (χ2n) is 3.55. The van der Waals surface area contributed by atoms with E-state index in [1.165, 1.54) is 0 Å². The van der Waals surface area contributed by atoms with Gasteiger partial charge in [-0.05, 0) is 17.7 Å². The number of hydrogen-bond acceptors (Lipinski definition) is 4. The minimum Gasteiger partial charge on any atom is -0.387 e. The molecule has 1 atom stereocenters. The first-order chi connectivity index (χ1) is 8.25. The molecule has 5 heteroatoms. The summed E-state index contributed by atoms with van der Waals surface area (Å²) in [5.74, 6) is 0.587. The number of benzene rings is 1. The summed E-state index contributed by atoms with van der Waals surface area (Å²) in [5, 5.41) is 20.8. The molecule has 2 aromatic rings. The summed E-state index contributed by atoms with van der Waals surface area (Å²) in [4.78, 5) is 0. The van der Waals surface area contributed by atoms with E-state index in [0.29, 0.717) is 17.5 Å². The first kappa shape index (κ1) is 11.8. The number of aliphatic hydroxyl groups excluding tert-OH is 1. The molecule has 0 fully saturated rings. The normalized spacial score (nSPS) is 12.1. The van der Waals surface area contributed by atoms with Crippen molar-refractivity contribution in [2.75, 3.05) is 11.9 Å². The van der Waals surface area contributed by atoms with Crippen LogP contribution in [0.25, 0.3) is 0 Å². The molecule has 0 aliphatic rings. The number of anilines is 1. The molecule has 88 valence electrons. The van der Waals surface area contributed by atoms with Crippen molar-refractivity contribution in [1.29, 1.82) is 0 Å². The zero-order valence-corrected chi connectivity index (χ0v) is 9.80. The number of nitrogens with one attached hydrogen (secondary N) is 1. The number of nitrogens with zero attached hydrogens (tertiary/aromatic N) is 2. The standard InChI is InChI=1S/C12H12ClN3O/c13-11-6-7-12(16-15-11)14-8-10(17)9-4-2-1-3-5-9/h1-7,10,17H,8H2,(H,14,16)/t10-/m1/s1. The molecule has 0 radical (unpaired) electrons. The maximum Gasteiger partial charge on any atom is 0.151 e. The zero-order valence-electron chi connectivity index (χ0n) is 9.05. The molecule has 17 heavy (non-hydrogen) atoms. The van der Waals surface area contributed by atoms with Crippen LogP contribution in [-0.4, -0.2) is 21.8 Å². The molecule has 0 saturated heterocycles. The van der Waals surface area contributed by atoms with Crippen molar-refractivity contribution in [3.05, 3.63) is 53.2 Å². The quantitative estimate of drug-likeness (QED) is 0.873. The molecule has 0 saturated carbocycles. The second-order valence-corrected chi connectivity index (χ2v) is 3.94. The van der Waals surface area contributed by atoms with Crippen molar-refractivity contribution in [3.8, 4) is 0 Å². The molecule has 1 aromatic heterocycles. The lowest BCUT2D eigenvalue weighted by Crippen LogP contribution is -2.13. The third kappa shape index (κ3) is 3.41. The fourth-order valence-corrected chi connectivity index (χ4v) is 1.51. The van der Waals surface area contributed by atoms with Crippen molar-refractivity contribution in [2.45, 2.75) is 6.10 Å². The highest BCUT2D eigenvalue weighted by Crippen LogP contribution is 2.13. The Bertz CT molecular complexity index is 461. The maximum absolute atomic E-state index is 9.90. The lowest BCUT2D eigenvalue weighted by molar-refractivity contribution is 0.191. The highest BCUT2D eigenvalue weighted by atomic mass is 35.5. The molecule has 0 aliphatic heterocycles. The third-order valence-electron chi connectivity index (χ3n) is 2.29. The largest absolute Gasteiger partial charge is 0.387 e. The Morgan fingerprint density at radius 2 is 1.88 bits per heavy atom. The Morgan fingerprint density at radius 1 is 1.12 bits per heavy atom. The number of aliphatic hydroxyl groups is 1. The minimum absolute atomic E-state index is 0.346. The molecule has 0 unspecified atom stereocenters. The number of rotatable bonds is 4. The van der Waals surface area contributed by atoms with E-state index in [4.69, 9.17) is 11.6 Å². The van der Waals surface area contributed by atoms with Crippen molar-refractivity contribution in [2.24, 2.45) is 0 Å². The van der Waals surface area contributed by atoms with Crippen LogP contribution in [0.15, 0.2) is 42.5 Å². The SMILES string of the molecule is O[C@H](CNc1ccc(Cl)nn1)c1ccccc1. The summed E-state index contributed by atoms with van der Waals surface area (Å²) < 4.78 is 0. The summed E-state index contributed by atoms with van der Waals surface area (Å²) in [6.45, 7) is 0.375. The highest BCUT2D eigenvalue weighted by molar-refractivity contribution is 6.29. The lowest BCUT2D eigenvalue weighted by Gasteiger charge is -2.11. The number of aromatic nitrogens is 2. The van der Waals surface area contributed by atoms with Gasteiger partial charge in [0.25, 0.3) is 0 Å². The van der Waals surface area contributed by atoms with E-state index < -0.39 is 6.10 Å². The smallest absolute Gasteiger partial charge is 0.151 e. The summed E-state index contributed by atoms with van der Waals surface area (Å²) in [6.07, 6.45) is -0.575. The van der Waals surface area contributed by atoms with E-state index >= 15 is 0 Å². The molecule has 0 aliphatic carbocycles. The fraction of sp³-hybridized carbons (Fsp3) is 0.167. The van der Waals surface area contributed by atoms with Gasteiger partial charge in [-0.3, -0.25) is 0 Å². The van der Waals surface area contributed by atoms with Gasteiger partial charge < -0.3 is 10.4 Å². The topological polar surface area (TPSA) is 58.0 Å². The first-order valence-electron chi connectivity index (χ1n) is 5.22. The van der Waals surface area contributed by atoms with Crippen molar-refractivity contribution in [3.63, 3.8) is 0 Å². The van der Waals surface area contributed by atoms with E-state index in [0.717, 1.165) is 5.56 Å². The highest BCUT2D eigenvalue weighted by Gasteiger charge is 2.06. The van der Waals surface area contributed by atoms with Gasteiger partial charge in [0.1, 0.15) is 5.82 Å². The average Bonchev–Trinajstić information content (AvgIpc) is 2.39. The van der Waals surface area contributed by atoms with Crippen LogP contribution in [0.5, 0.6) is 0 Å². The van der Waals surface area contributed by atoms with E-state index in [1.807, 2.05) is 30.3 Å². The van der Waals surface area contributed by atoms with Crippen LogP contribution in [-0.2, 0) is 0 Å². The lowest BCUT2D eigenvalue weighted by atomic mass is 10.1. The Hall–Kier alpha value is -1.65. The molecular formula is C12H12ClN3O. The van der Waals surface area contributed by atoms with E-state index in [2.05, 4.69) is 15.5 Å². The molecule has 2 N–H and O–H groups in total. The molecule has 1 heterocycles. The fourth-order valence-electron chi connectivity index (χ4n) is 1.40. The van der Waals surface area contributed by atoms with E-state index in [1.54, 1.807) is 12.1 Å². The van der Waals surface area contributed by atoms with Crippen LogP contribution in [0, 0.1) is 0 Å². The van der Waals surface area contributed by atoms with Gasteiger partial charge in [0.05, 0.1) is 6.10 Å². The molecule has 2 rings (SSSR count). The second kappa shape index (κ2) is 5.61. The van der Waals surface area contributed by atoms with Crippen LogP contribution >= 0.6 is 11.6 Å². The van der Waals surface area contributed by atoms with Crippen molar-refractivity contribution < 1.29 is 5.11 Å². The van der Waals surface area contributed by atoms with E-state index in [-0.39, 0.29) is 0 Å². The van der Waals surface area contributed by atoms with Gasteiger partial charge in [0.15, 0.2) is 5.15 Å².